The minimum absolute atomic E-state index is 0.230. The van der Waals surface area contributed by atoms with E-state index in [0.29, 0.717) is 11.8 Å². The van der Waals surface area contributed by atoms with E-state index in [0.717, 1.165) is 0 Å². The summed E-state index contributed by atoms with van der Waals surface area (Å²) in [5.74, 6) is 1.29. The highest BCUT2D eigenvalue weighted by Gasteiger charge is 2.29. The van der Waals surface area contributed by atoms with Crippen LogP contribution in [0.3, 0.4) is 0 Å². The van der Waals surface area contributed by atoms with Gasteiger partial charge in [-0.2, -0.15) is 0 Å². The molecule has 0 aromatic heterocycles. The van der Waals surface area contributed by atoms with Crippen LogP contribution in [0, 0.1) is 18.8 Å². The molecule has 0 bridgehead atoms. The first kappa shape index (κ1) is 16.3. The molecule has 108 valence electrons. The lowest BCUT2D eigenvalue weighted by atomic mass is 9.70. The van der Waals surface area contributed by atoms with Gasteiger partial charge in [-0.3, -0.25) is 0 Å². The molecule has 1 aromatic rings. The lowest BCUT2D eigenvalue weighted by molar-refractivity contribution is 0.359. The molecule has 0 aliphatic carbocycles. The number of hydrogen-bond donors (Lipinski definition) is 0. The van der Waals surface area contributed by atoms with Crippen molar-refractivity contribution >= 4 is 0 Å². The lowest BCUT2D eigenvalue weighted by Crippen LogP contribution is -2.28. The molecule has 0 spiro atoms. The van der Waals surface area contributed by atoms with Gasteiger partial charge >= 0.3 is 0 Å². The zero-order chi connectivity index (χ0) is 15.0. The summed E-state index contributed by atoms with van der Waals surface area (Å²) < 4.78 is 0. The van der Waals surface area contributed by atoms with Crippen LogP contribution >= 0.6 is 0 Å². The van der Waals surface area contributed by atoms with Crippen LogP contribution in [0.15, 0.2) is 18.2 Å². The van der Waals surface area contributed by atoms with Gasteiger partial charge in [0.2, 0.25) is 0 Å². The van der Waals surface area contributed by atoms with Crippen molar-refractivity contribution in [1.29, 1.82) is 0 Å². The highest BCUT2D eigenvalue weighted by molar-refractivity contribution is 5.38. The smallest absolute Gasteiger partial charge is 0.00804 e. The Morgan fingerprint density at radius 2 is 1.00 bits per heavy atom. The second kappa shape index (κ2) is 5.31. The van der Waals surface area contributed by atoms with Crippen molar-refractivity contribution in [3.05, 3.63) is 34.9 Å². The molecule has 0 heterocycles. The Balaban J connectivity index is 3.37. The summed E-state index contributed by atoms with van der Waals surface area (Å²) in [7, 11) is 0. The molecule has 0 unspecified atom stereocenters. The molecular weight excluding hydrogens is 228 g/mol. The Bertz CT molecular complexity index is 395. The molecule has 0 aliphatic heterocycles. The van der Waals surface area contributed by atoms with Crippen molar-refractivity contribution in [2.45, 2.75) is 73.1 Å². The molecule has 1 rings (SSSR count). The van der Waals surface area contributed by atoms with Crippen LogP contribution in [0.4, 0.5) is 0 Å². The molecule has 0 fully saturated rings. The van der Waals surface area contributed by atoms with Gasteiger partial charge in [0.1, 0.15) is 0 Å². The molecule has 0 amide bonds. The van der Waals surface area contributed by atoms with Crippen LogP contribution in [-0.2, 0) is 10.8 Å². The summed E-state index contributed by atoms with van der Waals surface area (Å²) in [5, 5.41) is 0. The number of aryl methyl sites for hydroxylation is 1. The molecule has 0 heteroatoms. The zero-order valence-corrected chi connectivity index (χ0v) is 14.4. The summed E-state index contributed by atoms with van der Waals surface area (Å²) in [6.45, 7) is 20.9. The van der Waals surface area contributed by atoms with Crippen molar-refractivity contribution in [2.75, 3.05) is 0 Å². The summed E-state index contributed by atoms with van der Waals surface area (Å²) in [4.78, 5) is 0. The van der Waals surface area contributed by atoms with Crippen LogP contribution in [0.2, 0.25) is 0 Å². The van der Waals surface area contributed by atoms with E-state index in [1.54, 1.807) is 0 Å². The second-order valence-corrected chi connectivity index (χ2v) is 7.84. The van der Waals surface area contributed by atoms with Crippen molar-refractivity contribution in [1.82, 2.24) is 0 Å². The minimum Gasteiger partial charge on any atom is -0.0619 e. The van der Waals surface area contributed by atoms with Gasteiger partial charge in [-0.05, 0) is 40.7 Å². The molecule has 19 heavy (non-hydrogen) atoms. The van der Waals surface area contributed by atoms with Gasteiger partial charge < -0.3 is 0 Å². The Labute approximate surface area is 120 Å². The maximum atomic E-state index is 2.44. The fourth-order valence-corrected chi connectivity index (χ4v) is 2.19. The zero-order valence-electron chi connectivity index (χ0n) is 14.4. The van der Waals surface area contributed by atoms with E-state index in [4.69, 9.17) is 0 Å². The number of benzene rings is 1. The van der Waals surface area contributed by atoms with Gasteiger partial charge in [-0.1, -0.05) is 79.2 Å². The molecule has 1 aromatic carbocycles. The Hall–Kier alpha value is -0.780. The highest BCUT2D eigenvalue weighted by atomic mass is 14.3. The quantitative estimate of drug-likeness (QED) is 0.636. The van der Waals surface area contributed by atoms with Gasteiger partial charge in [0.25, 0.3) is 0 Å². The first-order valence-electron chi connectivity index (χ1n) is 7.62. The Morgan fingerprint density at radius 3 is 1.26 bits per heavy atom. The van der Waals surface area contributed by atoms with Crippen LogP contribution in [-0.4, -0.2) is 0 Å². The Morgan fingerprint density at radius 1 is 0.684 bits per heavy atom. The maximum Gasteiger partial charge on any atom is -0.00804 e. The number of hydrogen-bond acceptors (Lipinski definition) is 0. The second-order valence-electron chi connectivity index (χ2n) is 7.84. The highest BCUT2D eigenvalue weighted by Crippen LogP contribution is 2.37. The Kier molecular flexibility index (Phi) is 4.55. The predicted molar refractivity (Wildman–Crippen MR) is 86.9 cm³/mol. The summed E-state index contributed by atoms with van der Waals surface area (Å²) >= 11 is 0. The van der Waals surface area contributed by atoms with Gasteiger partial charge in [0.05, 0.1) is 0 Å². The fourth-order valence-electron chi connectivity index (χ4n) is 2.19. The molecule has 0 nitrogen and oxygen atoms in total. The van der Waals surface area contributed by atoms with Crippen LogP contribution < -0.4 is 0 Å². The van der Waals surface area contributed by atoms with Gasteiger partial charge in [0.15, 0.2) is 0 Å². The van der Waals surface area contributed by atoms with Crippen LogP contribution in [0.25, 0.3) is 0 Å². The van der Waals surface area contributed by atoms with E-state index in [2.05, 4.69) is 80.5 Å². The molecule has 0 saturated carbocycles. The number of rotatable bonds is 4. The normalized spacial score (nSPS) is 13.4. The SMILES string of the molecule is Cc1cc(C(C)(C)C(C)C)cc(C(C)(C)C(C)C)c1. The van der Waals surface area contributed by atoms with E-state index in [1.165, 1.54) is 16.7 Å². The van der Waals surface area contributed by atoms with Gasteiger partial charge in [-0.15, -0.1) is 0 Å². The first-order chi connectivity index (χ1) is 8.49. The molecule has 0 atom stereocenters. The van der Waals surface area contributed by atoms with Crippen LogP contribution in [0.5, 0.6) is 0 Å². The van der Waals surface area contributed by atoms with E-state index >= 15 is 0 Å². The summed E-state index contributed by atoms with van der Waals surface area (Å²) in [6.07, 6.45) is 0. The minimum atomic E-state index is 0.230. The van der Waals surface area contributed by atoms with Gasteiger partial charge in [0, 0.05) is 0 Å². The molecule has 0 aliphatic rings. The average Bonchev–Trinajstić information content (AvgIpc) is 2.27. The van der Waals surface area contributed by atoms with Crippen molar-refractivity contribution in [2.24, 2.45) is 11.8 Å². The first-order valence-corrected chi connectivity index (χ1v) is 7.62. The van der Waals surface area contributed by atoms with E-state index < -0.39 is 0 Å². The van der Waals surface area contributed by atoms with Crippen molar-refractivity contribution < 1.29 is 0 Å². The molecule has 0 radical (unpaired) electrons. The summed E-state index contributed by atoms with van der Waals surface area (Å²) in [5.41, 5.74) is 4.80. The molecule has 0 saturated heterocycles. The van der Waals surface area contributed by atoms with E-state index in [9.17, 15) is 0 Å². The summed E-state index contributed by atoms with van der Waals surface area (Å²) in [6, 6.07) is 7.16. The lowest BCUT2D eigenvalue weighted by Gasteiger charge is -2.35. The van der Waals surface area contributed by atoms with Gasteiger partial charge in [-0.25, -0.2) is 0 Å². The third-order valence-electron chi connectivity index (χ3n) is 5.45. The molecular formula is C19H32. The van der Waals surface area contributed by atoms with Crippen molar-refractivity contribution in [3.63, 3.8) is 0 Å². The van der Waals surface area contributed by atoms with Crippen molar-refractivity contribution in [3.8, 4) is 0 Å². The third-order valence-corrected chi connectivity index (χ3v) is 5.45. The monoisotopic (exact) mass is 260 g/mol. The van der Waals surface area contributed by atoms with E-state index in [-0.39, 0.29) is 10.8 Å². The van der Waals surface area contributed by atoms with Crippen LogP contribution in [0.1, 0.15) is 72.1 Å². The predicted octanol–water partition coefficient (Wildman–Crippen LogP) is 5.86. The van der Waals surface area contributed by atoms with E-state index in [1.807, 2.05) is 0 Å². The third kappa shape index (κ3) is 3.22. The fraction of sp³-hybridized carbons (Fsp3) is 0.684. The average molecular weight is 260 g/mol. The largest absolute Gasteiger partial charge is 0.0619 e. The molecule has 0 N–H and O–H groups in total. The topological polar surface area (TPSA) is 0 Å². The maximum absolute atomic E-state index is 2.44. The standard InChI is InChI=1S/C19H32/c1-13(2)18(6,7)16-10-15(5)11-17(12-16)19(8,9)14(3)4/h10-14H,1-9H3.